The second-order valence-corrected chi connectivity index (χ2v) is 9.09. The quantitative estimate of drug-likeness (QED) is 0.430. The average molecular weight is 488 g/mol. The minimum Gasteiger partial charge on any atom is -0.402 e. The molecule has 0 fully saturated rings. The van der Waals surface area contributed by atoms with Gasteiger partial charge in [-0.25, -0.2) is 0 Å². The third-order valence-electron chi connectivity index (χ3n) is 5.52. The summed E-state index contributed by atoms with van der Waals surface area (Å²) < 4.78 is 0. The van der Waals surface area contributed by atoms with Crippen molar-refractivity contribution in [1.82, 2.24) is 0 Å². The van der Waals surface area contributed by atoms with Gasteiger partial charge in [0.2, 0.25) is 5.91 Å². The number of hydrogen-bond acceptors (Lipinski definition) is 4. The first-order valence-corrected chi connectivity index (χ1v) is 11.8. The summed E-state index contributed by atoms with van der Waals surface area (Å²) in [6.07, 6.45) is 0. The van der Waals surface area contributed by atoms with Crippen molar-refractivity contribution in [1.29, 1.82) is 0 Å². The van der Waals surface area contributed by atoms with Gasteiger partial charge in [-0.1, -0.05) is 74.0 Å². The number of benzene rings is 3. The fourth-order valence-corrected chi connectivity index (χ4v) is 3.94. The molecule has 0 bridgehead atoms. The van der Waals surface area contributed by atoms with E-state index in [4.69, 9.17) is 17.3 Å². The van der Waals surface area contributed by atoms with E-state index in [1.54, 1.807) is 6.92 Å². The molecule has 35 heavy (non-hydrogen) atoms. The second kappa shape index (κ2) is 11.6. The number of carbonyl (C=O) groups excluding carboxylic acids is 2. The number of nitrogens with one attached hydrogen (secondary N) is 1. The van der Waals surface area contributed by atoms with Crippen molar-refractivity contribution < 1.29 is 9.59 Å². The standard InChI is InChI=1S/C18H15ClN2O.C11H15NO/c1-11(20)17-14-4-2-3-5-15(14)18(21-10-16(17)22)12-6-8-13(19)9-7-12;1-8(2)10-4-6-11(7-5-10)12-9(3)13/h2-9H,10,20H2,1H3;4-8H,1-3H3,(H,12,13)/b17-11-;. The topological polar surface area (TPSA) is 84.6 Å². The van der Waals surface area contributed by atoms with Crippen LogP contribution in [0.3, 0.4) is 0 Å². The zero-order chi connectivity index (χ0) is 25.5. The van der Waals surface area contributed by atoms with Gasteiger partial charge >= 0.3 is 0 Å². The van der Waals surface area contributed by atoms with Crippen molar-refractivity contribution >= 4 is 40.3 Å². The highest BCUT2D eigenvalue weighted by atomic mass is 35.5. The van der Waals surface area contributed by atoms with Gasteiger partial charge in [-0.2, -0.15) is 0 Å². The number of nitrogens with two attached hydrogens (primary N) is 1. The third-order valence-corrected chi connectivity index (χ3v) is 5.77. The molecule has 5 nitrogen and oxygen atoms in total. The van der Waals surface area contributed by atoms with Crippen LogP contribution in [0.4, 0.5) is 5.69 Å². The molecule has 0 radical (unpaired) electrons. The minimum absolute atomic E-state index is 0.0303. The number of anilines is 1. The van der Waals surface area contributed by atoms with Gasteiger partial charge < -0.3 is 11.1 Å². The summed E-state index contributed by atoms with van der Waals surface area (Å²) in [4.78, 5) is 27.6. The van der Waals surface area contributed by atoms with E-state index in [1.165, 1.54) is 12.5 Å². The van der Waals surface area contributed by atoms with Gasteiger partial charge in [0.1, 0.15) is 6.54 Å². The van der Waals surface area contributed by atoms with Crippen LogP contribution in [0.2, 0.25) is 5.02 Å². The van der Waals surface area contributed by atoms with E-state index in [-0.39, 0.29) is 18.2 Å². The number of hydrogen-bond donors (Lipinski definition) is 2. The van der Waals surface area contributed by atoms with Gasteiger partial charge in [0.15, 0.2) is 5.78 Å². The highest BCUT2D eigenvalue weighted by Gasteiger charge is 2.23. The van der Waals surface area contributed by atoms with Crippen LogP contribution in [0.5, 0.6) is 0 Å². The van der Waals surface area contributed by atoms with Gasteiger partial charge in [-0.05, 0) is 48.2 Å². The number of nitrogens with zero attached hydrogens (tertiary/aromatic N) is 1. The number of allylic oxidation sites excluding steroid dienone is 1. The molecule has 0 aromatic heterocycles. The van der Waals surface area contributed by atoms with Gasteiger partial charge in [-0.3, -0.25) is 14.6 Å². The third kappa shape index (κ3) is 6.67. The zero-order valence-electron chi connectivity index (χ0n) is 20.4. The lowest BCUT2D eigenvalue weighted by Gasteiger charge is -2.11. The van der Waals surface area contributed by atoms with Crippen LogP contribution in [-0.4, -0.2) is 23.9 Å². The zero-order valence-corrected chi connectivity index (χ0v) is 21.2. The Morgan fingerprint density at radius 1 is 0.943 bits per heavy atom. The number of amides is 1. The number of halogens is 1. The number of fused-ring (bicyclic) bond motifs is 1. The molecule has 1 heterocycles. The molecule has 0 spiro atoms. The molecule has 4 rings (SSSR count). The monoisotopic (exact) mass is 487 g/mol. The van der Waals surface area contributed by atoms with Crippen molar-refractivity contribution in [2.45, 2.75) is 33.6 Å². The number of carbonyl (C=O) groups is 2. The van der Waals surface area contributed by atoms with Gasteiger partial charge in [0.05, 0.1) is 5.71 Å². The predicted molar refractivity (Wildman–Crippen MR) is 145 cm³/mol. The Hall–Kier alpha value is -3.70. The van der Waals surface area contributed by atoms with Gasteiger partial charge in [0, 0.05) is 40.0 Å². The first-order valence-electron chi connectivity index (χ1n) is 11.4. The molecule has 0 atom stereocenters. The van der Waals surface area contributed by atoms with Crippen LogP contribution >= 0.6 is 11.6 Å². The lowest BCUT2D eigenvalue weighted by Crippen LogP contribution is -2.10. The molecule has 0 unspecified atom stereocenters. The molecular formula is C29H30ClN3O2. The van der Waals surface area contributed by atoms with Gasteiger partial charge in [-0.15, -0.1) is 0 Å². The largest absolute Gasteiger partial charge is 0.402 e. The van der Waals surface area contributed by atoms with Crippen LogP contribution in [0.1, 0.15) is 55.9 Å². The Kier molecular flexibility index (Phi) is 8.61. The molecule has 0 saturated carbocycles. The molecule has 180 valence electrons. The van der Waals surface area contributed by atoms with Gasteiger partial charge in [0.25, 0.3) is 0 Å². The fourth-order valence-electron chi connectivity index (χ4n) is 3.81. The van der Waals surface area contributed by atoms with E-state index < -0.39 is 0 Å². The molecule has 6 heteroatoms. The van der Waals surface area contributed by atoms with E-state index in [2.05, 4.69) is 24.2 Å². The summed E-state index contributed by atoms with van der Waals surface area (Å²) in [6, 6.07) is 23.1. The number of Topliss-reactive ketones (excluding diaryl/α,β-unsaturated/α-hetero) is 1. The van der Waals surface area contributed by atoms with Crippen molar-refractivity contribution in [3.63, 3.8) is 0 Å². The summed E-state index contributed by atoms with van der Waals surface area (Å²) >= 11 is 5.95. The molecule has 0 aliphatic carbocycles. The first kappa shape index (κ1) is 25.9. The van der Waals surface area contributed by atoms with E-state index >= 15 is 0 Å². The summed E-state index contributed by atoms with van der Waals surface area (Å²) in [5.74, 6) is 0.445. The normalized spacial score (nSPS) is 14.2. The molecule has 1 aliphatic heterocycles. The van der Waals surface area contributed by atoms with Crippen LogP contribution in [0, 0.1) is 0 Å². The molecule has 3 aromatic rings. The Morgan fingerprint density at radius 3 is 2.09 bits per heavy atom. The van der Waals surface area contributed by atoms with Crippen LogP contribution in [-0.2, 0) is 9.59 Å². The van der Waals surface area contributed by atoms with E-state index in [0.717, 1.165) is 28.1 Å². The molecule has 1 aliphatic rings. The number of rotatable bonds is 3. The van der Waals surface area contributed by atoms with Crippen molar-refractivity contribution in [3.8, 4) is 0 Å². The van der Waals surface area contributed by atoms with E-state index in [0.29, 0.717) is 22.2 Å². The molecule has 3 N–H and O–H groups in total. The Morgan fingerprint density at radius 2 is 1.54 bits per heavy atom. The molecule has 3 aromatic carbocycles. The predicted octanol–water partition coefficient (Wildman–Crippen LogP) is 6.22. The summed E-state index contributed by atoms with van der Waals surface area (Å²) in [5, 5.41) is 3.40. The highest BCUT2D eigenvalue weighted by Crippen LogP contribution is 2.28. The maximum absolute atomic E-state index is 12.4. The Labute approximate surface area is 211 Å². The molecule has 0 saturated heterocycles. The smallest absolute Gasteiger partial charge is 0.221 e. The van der Waals surface area contributed by atoms with Crippen LogP contribution in [0.25, 0.3) is 5.57 Å². The Balaban J connectivity index is 0.000000225. The maximum atomic E-state index is 12.4. The number of ketones is 1. The van der Waals surface area contributed by atoms with Crippen molar-refractivity contribution in [2.75, 3.05) is 11.9 Å². The lowest BCUT2D eigenvalue weighted by atomic mass is 9.92. The van der Waals surface area contributed by atoms with Crippen LogP contribution in [0.15, 0.2) is 83.5 Å². The highest BCUT2D eigenvalue weighted by molar-refractivity contribution is 6.31. The lowest BCUT2D eigenvalue weighted by molar-refractivity contribution is -0.114. The Bertz CT molecular complexity index is 1270. The summed E-state index contributed by atoms with van der Waals surface area (Å²) in [7, 11) is 0. The first-order chi connectivity index (χ1) is 16.7. The molecule has 1 amide bonds. The minimum atomic E-state index is -0.0589. The fraction of sp³-hybridized carbons (Fsp3) is 0.207. The molecular weight excluding hydrogens is 458 g/mol. The summed E-state index contributed by atoms with van der Waals surface area (Å²) in [5.41, 5.74) is 12.6. The van der Waals surface area contributed by atoms with E-state index in [1.807, 2.05) is 72.8 Å². The maximum Gasteiger partial charge on any atom is 0.221 e. The van der Waals surface area contributed by atoms with Crippen LogP contribution < -0.4 is 11.1 Å². The van der Waals surface area contributed by atoms with E-state index in [9.17, 15) is 9.59 Å². The number of aliphatic imine (C=N–C) groups is 1. The summed E-state index contributed by atoms with van der Waals surface area (Å²) in [6.45, 7) is 7.64. The average Bonchev–Trinajstić information content (AvgIpc) is 2.96. The second-order valence-electron chi connectivity index (χ2n) is 8.66. The SMILES string of the molecule is C/C(N)=C1/C(=O)CN=C(c2ccc(Cl)cc2)c2ccccc21.CC(=O)Nc1ccc(C(C)C)cc1. The van der Waals surface area contributed by atoms with Crippen molar-refractivity contribution in [3.05, 3.63) is 106 Å². The van der Waals surface area contributed by atoms with Crippen molar-refractivity contribution in [2.24, 2.45) is 10.7 Å².